The highest BCUT2D eigenvalue weighted by Crippen LogP contribution is 2.30. The second kappa shape index (κ2) is 2.71. The maximum atomic E-state index is 8.42. The summed E-state index contributed by atoms with van der Waals surface area (Å²) < 4.78 is 0. The van der Waals surface area contributed by atoms with Gasteiger partial charge in [-0.05, 0) is 0 Å². The van der Waals surface area contributed by atoms with E-state index < -0.39 is 0 Å². The van der Waals surface area contributed by atoms with Gasteiger partial charge in [0, 0.05) is 0 Å². The first-order chi connectivity index (χ1) is 4.66. The van der Waals surface area contributed by atoms with Gasteiger partial charge >= 0.3 is 0 Å². The molecule has 52 valence electrons. The molecule has 1 heterocycles. The average molecular weight is 195 g/mol. The van der Waals surface area contributed by atoms with Crippen molar-refractivity contribution in [3.8, 4) is 6.07 Å². The Morgan fingerprint density at radius 2 is 1.80 bits per heavy atom. The number of hydrogen-bond acceptors (Lipinski definition) is 1. The van der Waals surface area contributed by atoms with Crippen molar-refractivity contribution in [2.24, 2.45) is 0 Å². The van der Waals surface area contributed by atoms with Crippen molar-refractivity contribution in [1.29, 1.82) is 5.26 Å². The van der Waals surface area contributed by atoms with E-state index in [0.717, 1.165) is 0 Å². The van der Waals surface area contributed by atoms with E-state index in [1.165, 1.54) is 0 Å². The van der Waals surface area contributed by atoms with Gasteiger partial charge in [0.25, 0.3) is 0 Å². The van der Waals surface area contributed by atoms with Crippen LogP contribution in [-0.2, 0) is 0 Å². The molecule has 0 saturated heterocycles. The zero-order valence-corrected chi connectivity index (χ0v) is 6.85. The van der Waals surface area contributed by atoms with Gasteiger partial charge < -0.3 is 4.98 Å². The molecule has 0 atom stereocenters. The fourth-order valence-electron chi connectivity index (χ4n) is 0.518. The molecule has 0 aliphatic rings. The minimum Gasteiger partial charge on any atom is -0.334 e. The van der Waals surface area contributed by atoms with Crippen molar-refractivity contribution in [3.63, 3.8) is 0 Å². The molecule has 0 bridgehead atoms. The highest BCUT2D eigenvalue weighted by molar-refractivity contribution is 6.44. The lowest BCUT2D eigenvalue weighted by Gasteiger charge is -1.79. The van der Waals surface area contributed by atoms with Gasteiger partial charge in [0.2, 0.25) is 0 Å². The van der Waals surface area contributed by atoms with Crippen LogP contribution >= 0.6 is 34.8 Å². The lowest BCUT2D eigenvalue weighted by atomic mass is 10.4. The van der Waals surface area contributed by atoms with Gasteiger partial charge in [-0.2, -0.15) is 5.26 Å². The van der Waals surface area contributed by atoms with E-state index in [4.69, 9.17) is 40.1 Å². The Morgan fingerprint density at radius 1 is 1.20 bits per heavy atom. The maximum Gasteiger partial charge on any atom is 0.127 e. The van der Waals surface area contributed by atoms with Crippen LogP contribution in [0.1, 0.15) is 5.56 Å². The largest absolute Gasteiger partial charge is 0.334 e. The summed E-state index contributed by atoms with van der Waals surface area (Å²) in [6.07, 6.45) is 0. The van der Waals surface area contributed by atoms with Crippen molar-refractivity contribution in [3.05, 3.63) is 20.9 Å². The molecule has 5 heteroatoms. The molecule has 0 spiro atoms. The Hall–Kier alpha value is -0.360. The fourth-order valence-corrected chi connectivity index (χ4v) is 1.22. The second-order valence-corrected chi connectivity index (χ2v) is 2.69. The second-order valence-electron chi connectivity index (χ2n) is 1.55. The summed E-state index contributed by atoms with van der Waals surface area (Å²) in [5.74, 6) is 0. The molecule has 1 aromatic heterocycles. The van der Waals surface area contributed by atoms with Gasteiger partial charge in [-0.1, -0.05) is 34.8 Å². The lowest BCUT2D eigenvalue weighted by Crippen LogP contribution is -1.67. The first-order valence-corrected chi connectivity index (χ1v) is 3.42. The number of H-pyrrole nitrogens is 1. The molecule has 0 aromatic carbocycles. The number of aromatic amines is 1. The molecule has 2 nitrogen and oxygen atoms in total. The van der Waals surface area contributed by atoms with Gasteiger partial charge in [-0.3, -0.25) is 0 Å². The van der Waals surface area contributed by atoms with Crippen molar-refractivity contribution in [2.45, 2.75) is 0 Å². The Balaban J connectivity index is 3.37. The topological polar surface area (TPSA) is 39.6 Å². The Labute approximate surface area is 72.3 Å². The monoisotopic (exact) mass is 194 g/mol. The zero-order valence-electron chi connectivity index (χ0n) is 4.58. The molecule has 0 radical (unpaired) electrons. The highest BCUT2D eigenvalue weighted by Gasteiger charge is 2.11. The number of rotatable bonds is 0. The molecule has 10 heavy (non-hydrogen) atoms. The summed E-state index contributed by atoms with van der Waals surface area (Å²) in [4.78, 5) is 2.50. The van der Waals surface area contributed by atoms with Gasteiger partial charge in [-0.15, -0.1) is 0 Å². The van der Waals surface area contributed by atoms with Crippen LogP contribution in [0.15, 0.2) is 0 Å². The van der Waals surface area contributed by atoms with Gasteiger partial charge in [0.05, 0.1) is 5.02 Å². The molecule has 0 aliphatic carbocycles. The van der Waals surface area contributed by atoms with E-state index in [9.17, 15) is 0 Å². The summed E-state index contributed by atoms with van der Waals surface area (Å²) in [6, 6.07) is 1.80. The number of aromatic nitrogens is 1. The molecule has 0 amide bonds. The molecule has 1 aromatic rings. The molecule has 0 saturated carbocycles. The third-order valence-corrected chi connectivity index (χ3v) is 2.00. The van der Waals surface area contributed by atoms with E-state index >= 15 is 0 Å². The number of nitrogens with zero attached hydrogens (tertiary/aromatic N) is 1. The lowest BCUT2D eigenvalue weighted by molar-refractivity contribution is 1.40. The van der Waals surface area contributed by atoms with Crippen LogP contribution in [0.25, 0.3) is 0 Å². The molecule has 0 aliphatic heterocycles. The van der Waals surface area contributed by atoms with Crippen molar-refractivity contribution in [1.82, 2.24) is 4.98 Å². The average Bonchev–Trinajstić information content (AvgIpc) is 2.09. The summed E-state index contributed by atoms with van der Waals surface area (Å²) in [5.41, 5.74) is 0.188. The predicted octanol–water partition coefficient (Wildman–Crippen LogP) is 2.85. The number of halogens is 3. The van der Waals surface area contributed by atoms with E-state index in [1.54, 1.807) is 6.07 Å². The third kappa shape index (κ3) is 1.08. The van der Waals surface area contributed by atoms with Gasteiger partial charge in [-0.25, -0.2) is 0 Å². The van der Waals surface area contributed by atoms with Crippen LogP contribution in [0.2, 0.25) is 15.3 Å². The summed E-state index contributed by atoms with van der Waals surface area (Å²) in [5, 5.41) is 8.97. The van der Waals surface area contributed by atoms with Crippen LogP contribution < -0.4 is 0 Å². The van der Waals surface area contributed by atoms with Crippen molar-refractivity contribution in [2.75, 3.05) is 0 Å². The summed E-state index contributed by atoms with van der Waals surface area (Å²) in [6.45, 7) is 0. The first-order valence-electron chi connectivity index (χ1n) is 2.29. The number of hydrogen-bond donors (Lipinski definition) is 1. The molecule has 1 N–H and O–H groups in total. The summed E-state index contributed by atoms with van der Waals surface area (Å²) in [7, 11) is 0. The van der Waals surface area contributed by atoms with Gasteiger partial charge in [0.15, 0.2) is 0 Å². The van der Waals surface area contributed by atoms with E-state index in [2.05, 4.69) is 4.98 Å². The number of nitriles is 1. The molecule has 0 unspecified atom stereocenters. The first kappa shape index (κ1) is 7.74. The Bertz CT molecular complexity index is 297. The SMILES string of the molecule is N#Cc1c(Cl)[nH]c(Cl)c1Cl. The quantitative estimate of drug-likeness (QED) is 0.679. The minimum atomic E-state index is 0.175. The maximum absolute atomic E-state index is 8.42. The van der Waals surface area contributed by atoms with Gasteiger partial charge in [0.1, 0.15) is 21.9 Å². The van der Waals surface area contributed by atoms with E-state index in [0.29, 0.717) is 0 Å². The molecule has 0 fully saturated rings. The van der Waals surface area contributed by atoms with Crippen molar-refractivity contribution < 1.29 is 0 Å². The fraction of sp³-hybridized carbons (Fsp3) is 0. The standard InChI is InChI=1S/C5HCl3N2/c6-3-2(1-9)4(7)10-5(3)8/h10H. The predicted molar refractivity (Wildman–Crippen MR) is 40.5 cm³/mol. The molecule has 1 rings (SSSR count). The molecular weight excluding hydrogens is 194 g/mol. The van der Waals surface area contributed by atoms with Crippen LogP contribution in [0, 0.1) is 11.3 Å². The van der Waals surface area contributed by atoms with Crippen LogP contribution in [0.5, 0.6) is 0 Å². The molecular formula is C5HCl3N2. The smallest absolute Gasteiger partial charge is 0.127 e. The zero-order chi connectivity index (χ0) is 7.72. The minimum absolute atomic E-state index is 0.175. The highest BCUT2D eigenvalue weighted by atomic mass is 35.5. The normalized spacial score (nSPS) is 9.40. The van der Waals surface area contributed by atoms with E-state index in [1.807, 2.05) is 0 Å². The Kier molecular flexibility index (Phi) is 2.10. The summed E-state index contributed by atoms with van der Waals surface area (Å²) >= 11 is 16.5. The van der Waals surface area contributed by atoms with Crippen LogP contribution in [-0.4, -0.2) is 4.98 Å². The number of nitrogens with one attached hydrogen (secondary N) is 1. The third-order valence-electron chi connectivity index (χ3n) is 0.963. The van der Waals surface area contributed by atoms with E-state index in [-0.39, 0.29) is 20.9 Å². The Morgan fingerprint density at radius 3 is 2.00 bits per heavy atom. The van der Waals surface area contributed by atoms with Crippen LogP contribution in [0.4, 0.5) is 0 Å². The van der Waals surface area contributed by atoms with Crippen molar-refractivity contribution >= 4 is 34.8 Å². The van der Waals surface area contributed by atoms with Crippen LogP contribution in [0.3, 0.4) is 0 Å².